The molecule has 0 aliphatic carbocycles. The molecule has 12 atom stereocenters. The highest BCUT2D eigenvalue weighted by Crippen LogP contribution is 2.24. The fourth-order valence-electron chi connectivity index (χ4n) is 14.7. The number of primary amides is 2. The van der Waals surface area contributed by atoms with Gasteiger partial charge in [-0.3, -0.25) is 86.8 Å². The third-order valence-corrected chi connectivity index (χ3v) is 23.3. The molecule has 43 nitrogen and oxygen atoms in total. The number of Topliss-reactive ketones (excluding diaryl/α,β-unsaturated/α-hetero) is 1. The van der Waals surface area contributed by atoms with Crippen LogP contribution in [0.15, 0.2) is 73.3 Å². The maximum atomic E-state index is 15.1. The molecule has 0 radical (unpaired) electrons. The zero-order valence-electron chi connectivity index (χ0n) is 73.2. The maximum Gasteiger partial charge on any atom is 0.245 e. The molecular weight excluding hydrogens is 1700 g/mol. The number of sulfonamides is 1. The van der Waals surface area contributed by atoms with Crippen LogP contribution >= 0.6 is 0 Å². The number of benzene rings is 2. The molecule has 4 heterocycles. The normalized spacial score (nSPS) is 19.4. The van der Waals surface area contributed by atoms with Crippen molar-refractivity contribution in [1.29, 1.82) is 5.41 Å². The van der Waals surface area contributed by atoms with E-state index in [1.54, 1.807) is 54.7 Å². The summed E-state index contributed by atoms with van der Waals surface area (Å²) in [7, 11) is -4.10. The predicted octanol–water partition coefficient (Wildman–Crippen LogP) is -3.31. The van der Waals surface area contributed by atoms with Gasteiger partial charge < -0.3 is 117 Å². The Balaban J connectivity index is 1.12. The Morgan fingerprint density at radius 3 is 1.86 bits per heavy atom. The van der Waals surface area contributed by atoms with Crippen LogP contribution in [0, 0.1) is 5.41 Å². The van der Waals surface area contributed by atoms with E-state index in [2.05, 4.69) is 91.0 Å². The van der Waals surface area contributed by atoms with Crippen molar-refractivity contribution in [2.24, 2.45) is 17.2 Å². The lowest BCUT2D eigenvalue weighted by molar-refractivity contribution is -0.143. The number of nitrogens with zero attached hydrogens (tertiary/aromatic N) is 2. The Bertz CT molecular complexity index is 4500. The van der Waals surface area contributed by atoms with E-state index in [0.29, 0.717) is 34.9 Å². The zero-order valence-corrected chi connectivity index (χ0v) is 74.1. The van der Waals surface area contributed by atoms with Crippen molar-refractivity contribution in [3.63, 3.8) is 0 Å². The number of aliphatic hydroxyl groups excluding tert-OH is 3. The highest BCUT2D eigenvalue weighted by molar-refractivity contribution is 7.90. The first-order chi connectivity index (χ1) is 61.7. The van der Waals surface area contributed by atoms with E-state index in [1.807, 2.05) is 10.8 Å². The smallest absolute Gasteiger partial charge is 0.245 e. The van der Waals surface area contributed by atoms with Crippen LogP contribution in [-0.4, -0.2) is 268 Å². The summed E-state index contributed by atoms with van der Waals surface area (Å²) in [5, 5.41) is 73.4. The van der Waals surface area contributed by atoms with Crippen molar-refractivity contribution in [2.75, 3.05) is 51.7 Å². The number of nitrogens with one attached hydrogen (secondary N) is 17. The number of imidazole rings is 1. The number of para-hydroxylation sites is 1. The molecule has 0 saturated carbocycles. The predicted molar refractivity (Wildman–Crippen MR) is 472 cm³/mol. The van der Waals surface area contributed by atoms with Crippen molar-refractivity contribution in [3.8, 4) is 0 Å². The molecule has 712 valence electrons. The maximum absolute atomic E-state index is 15.1. The molecule has 2 saturated heterocycles. The topological polar surface area (TPSA) is 686 Å². The first-order valence-electron chi connectivity index (χ1n) is 44.2. The molecule has 44 heteroatoms. The van der Waals surface area contributed by atoms with Crippen LogP contribution in [0.25, 0.3) is 10.9 Å². The van der Waals surface area contributed by atoms with Gasteiger partial charge in [0, 0.05) is 87.8 Å². The second-order valence-corrected chi connectivity index (χ2v) is 34.3. The van der Waals surface area contributed by atoms with Gasteiger partial charge in [0.25, 0.3) is 0 Å². The summed E-state index contributed by atoms with van der Waals surface area (Å²) in [6.07, 6.45) is 13.7. The quantitative estimate of drug-likeness (QED) is 0.0117. The minimum atomic E-state index is -4.10. The molecule has 6 rings (SSSR count). The van der Waals surface area contributed by atoms with Gasteiger partial charge in [0.1, 0.15) is 72.2 Å². The van der Waals surface area contributed by atoms with Gasteiger partial charge in [-0.25, -0.2) is 13.4 Å². The van der Waals surface area contributed by atoms with Gasteiger partial charge in [-0.05, 0) is 88.4 Å². The molecular formula is C85H130N22O21S. The third kappa shape index (κ3) is 38.8. The van der Waals surface area contributed by atoms with Gasteiger partial charge in [-0.15, -0.1) is 0 Å². The molecule has 4 aromatic rings. The summed E-state index contributed by atoms with van der Waals surface area (Å²) < 4.78 is 27.3. The number of nitrogens with two attached hydrogens (primary N) is 3. The Labute approximate surface area is 749 Å². The minimum Gasteiger partial charge on any atom is -0.394 e. The molecule has 2 aliphatic rings. The molecule has 129 heavy (non-hydrogen) atoms. The number of H-pyrrole nitrogens is 2. The van der Waals surface area contributed by atoms with Crippen molar-refractivity contribution in [1.82, 2.24) is 93.7 Å². The van der Waals surface area contributed by atoms with Crippen molar-refractivity contribution in [2.45, 2.75) is 273 Å². The second-order valence-electron chi connectivity index (χ2n) is 32.5. The first-order valence-corrected chi connectivity index (χ1v) is 45.8. The van der Waals surface area contributed by atoms with Crippen LogP contribution in [0.3, 0.4) is 0 Å². The Morgan fingerprint density at radius 1 is 0.612 bits per heavy atom. The van der Waals surface area contributed by atoms with E-state index >= 15 is 4.79 Å². The summed E-state index contributed by atoms with van der Waals surface area (Å²) >= 11 is 0. The number of aromatic nitrogens is 3. The number of amides is 15. The number of hydrogen-bond acceptors (Lipinski definition) is 24. The van der Waals surface area contributed by atoms with Crippen LogP contribution in [-0.2, 0) is 106 Å². The Morgan fingerprint density at radius 2 is 1.20 bits per heavy atom. The number of unbranched alkanes of at least 4 members (excludes halogenated alkanes) is 12. The van der Waals surface area contributed by atoms with Gasteiger partial charge in [-0.1, -0.05) is 133 Å². The number of aliphatic hydroxyl groups is 3. The van der Waals surface area contributed by atoms with Gasteiger partial charge >= 0.3 is 0 Å². The summed E-state index contributed by atoms with van der Waals surface area (Å²) in [5.74, 6) is -16.4. The van der Waals surface area contributed by atoms with Gasteiger partial charge in [0.15, 0.2) is 5.96 Å². The summed E-state index contributed by atoms with van der Waals surface area (Å²) in [5.41, 5.74) is 18.8. The number of hydrogen-bond donors (Lipinski definition) is 23. The van der Waals surface area contributed by atoms with Crippen LogP contribution in [0.5, 0.6) is 0 Å². The molecule has 2 aromatic heterocycles. The summed E-state index contributed by atoms with van der Waals surface area (Å²) in [6.45, 7) is -0.308. The molecule has 2 fully saturated rings. The average Bonchev–Trinajstić information content (AvgIpc) is 1.70. The molecule has 0 spiro atoms. The number of aromatic amines is 2. The van der Waals surface area contributed by atoms with E-state index in [1.165, 1.54) is 57.5 Å². The number of carbonyl (C=O) groups is 16. The molecule has 0 bridgehead atoms. The van der Waals surface area contributed by atoms with Crippen LogP contribution in [0.2, 0.25) is 0 Å². The van der Waals surface area contributed by atoms with Gasteiger partial charge in [0.05, 0.1) is 50.2 Å². The number of carbonyl (C=O) groups excluding carboxylic acids is 16. The van der Waals surface area contributed by atoms with Crippen molar-refractivity contribution >= 4 is 121 Å². The Hall–Kier alpha value is -12.0. The van der Waals surface area contributed by atoms with Crippen molar-refractivity contribution < 1.29 is 100 Å². The SMILES string of the molecule is CCCCCCCCCCCCCCCC(=O)NS(=O)(=O)CCCC(=O)NCC(=O)N[C@@H](CO)C(=O)N[C@@H](CCC(N)=O)C(=O)N[C@@H](Cc1c[nH]cn1)C(=O)N[C@@H](CO)C(=O)N[C@@H](C)C(=O)N[C@H]1CCC(=O)CNCCCC[C@@H](C(N)=O)NC(=O)[C@H](Cc2c[nH]c3ccccc23)NC(=O)[C@H](CCCNC(=N)N)NC(=O)[C@@H](Cc2ccccc2)NC(=O)[C@@H]2C[C@@H](O)CN2C1=O. The summed E-state index contributed by atoms with van der Waals surface area (Å²) in [6, 6.07) is -2.40. The molecule has 0 unspecified atom stereocenters. The van der Waals surface area contributed by atoms with E-state index < -0.39 is 254 Å². The van der Waals surface area contributed by atoms with E-state index in [-0.39, 0.29) is 82.7 Å². The average molecular weight is 1830 g/mol. The Kier molecular flexibility index (Phi) is 46.2. The molecule has 2 aromatic carbocycles. The second kappa shape index (κ2) is 56.3. The number of guanidine groups is 1. The fourth-order valence-corrected chi connectivity index (χ4v) is 15.8. The largest absolute Gasteiger partial charge is 0.394 e. The van der Waals surface area contributed by atoms with E-state index in [4.69, 9.17) is 22.6 Å². The minimum absolute atomic E-state index is 0.00873. The zero-order chi connectivity index (χ0) is 94.4. The standard InChI is InChI=1S/C85H130N22O21S/c1-3-4-5-6-7-8-9-10-11-12-13-14-18-31-72(114)106-129(127,128)39-24-32-71(113)94-47-73(115)97-67(49-108)82(124)100-62(35-36-70(86)112)77(119)103-66(42-55-45-91-51-95-55)80(122)105-68(50-109)81(123)96-52(2)75(117)101-63-34-33-56(110)46-90-37-22-21-29-60(74(87)116)98-79(121)65(41-54-44-93-59-28-20-19-27-58(54)59)102-76(118)61(30-23-38-92-85(88)89)99-78(120)64(40-53-25-16-15-17-26-53)104-83(125)69-43-57(111)48-107(69)84(63)126/h15-17,19-20,25-28,44-45,51-52,57,60-69,90,93,108-109,111H,3-14,18,21-24,29-43,46-50H2,1-2H3,(H2,86,112)(H2,87,116)(H,91,95)(H,94,113)(H,96,123)(H,97,115)(H,98,121)(H,99,120)(H,100,124)(H,101,117)(H,102,118)(H,103,119)(H,104,125)(H,105,122)(H,106,114)(H4,88,89,92)/t52-,57+,60-,61-,62-,63-,64+,65-,66-,67-,68-,69-/m0/s1. The van der Waals surface area contributed by atoms with Crippen LogP contribution in [0.1, 0.15) is 198 Å². The highest BCUT2D eigenvalue weighted by atomic mass is 32.2. The van der Waals surface area contributed by atoms with Gasteiger partial charge in [0.2, 0.25) is 98.6 Å². The highest BCUT2D eigenvalue weighted by Gasteiger charge is 2.44. The lowest BCUT2D eigenvalue weighted by Gasteiger charge is -2.31. The first kappa shape index (κ1) is 106. The monoisotopic (exact) mass is 1830 g/mol. The lowest BCUT2D eigenvalue weighted by Crippen LogP contribution is -2.61. The van der Waals surface area contributed by atoms with E-state index in [0.717, 1.165) is 43.9 Å². The van der Waals surface area contributed by atoms with E-state index in [9.17, 15) is 95.7 Å². The number of fused-ring (bicyclic) bond motifs is 2. The van der Waals surface area contributed by atoms with Crippen molar-refractivity contribution in [3.05, 3.63) is 90.1 Å². The van der Waals surface area contributed by atoms with Crippen LogP contribution in [0.4, 0.5) is 0 Å². The molecule has 15 amide bonds. The lowest BCUT2D eigenvalue weighted by atomic mass is 10.0. The van der Waals surface area contributed by atoms with Crippen LogP contribution < -0.4 is 91.0 Å². The number of rotatable bonds is 48. The molecule has 2 aliphatic heterocycles. The molecule has 26 N–H and O–H groups in total. The number of ketones is 1. The summed E-state index contributed by atoms with van der Waals surface area (Å²) in [4.78, 5) is 233. The fraction of sp³-hybridized carbons (Fsp3) is 0.600. The van der Waals surface area contributed by atoms with Gasteiger partial charge in [-0.2, -0.15) is 0 Å². The third-order valence-electron chi connectivity index (χ3n) is 21.9.